The molecule has 1 aliphatic heterocycles. The minimum Gasteiger partial charge on any atom is -0.376 e. The number of allylic oxidation sites excluding steroid dienone is 2. The molecule has 0 spiro atoms. The molecule has 0 saturated carbocycles. The van der Waals surface area contributed by atoms with Gasteiger partial charge in [-0.15, -0.1) is 0 Å². The standard InChI is InChI=1S/C18H14ClN3O4/c19-14-8-9-15(22(25)26)16-12-2-1-3-13(12)17(20-18(14)16)10-4-6-11(7-5-10)21(23)24/h1-2,4-9,12-13,17,20H,3H2/t12-,13+,17+/m1/s1. The van der Waals surface area contributed by atoms with E-state index in [1.807, 2.05) is 12.2 Å². The summed E-state index contributed by atoms with van der Waals surface area (Å²) >= 11 is 6.33. The Morgan fingerprint density at radius 3 is 2.42 bits per heavy atom. The molecule has 1 heterocycles. The highest BCUT2D eigenvalue weighted by Gasteiger charge is 2.42. The lowest BCUT2D eigenvalue weighted by Gasteiger charge is -2.37. The second-order valence-corrected chi connectivity index (χ2v) is 6.84. The summed E-state index contributed by atoms with van der Waals surface area (Å²) in [6, 6.07) is 9.22. The van der Waals surface area contributed by atoms with Crippen molar-refractivity contribution in [2.45, 2.75) is 18.4 Å². The highest BCUT2D eigenvalue weighted by Crippen LogP contribution is 2.54. The number of nitrogens with zero attached hydrogens (tertiary/aromatic N) is 2. The molecule has 0 fully saturated rings. The van der Waals surface area contributed by atoms with Crippen LogP contribution < -0.4 is 5.32 Å². The van der Waals surface area contributed by atoms with Gasteiger partial charge in [-0.1, -0.05) is 35.9 Å². The highest BCUT2D eigenvalue weighted by molar-refractivity contribution is 6.33. The molecule has 4 rings (SSSR count). The third kappa shape index (κ3) is 2.52. The van der Waals surface area contributed by atoms with E-state index in [9.17, 15) is 20.2 Å². The SMILES string of the molecule is O=[N+]([O-])c1ccc([C@@H]2Nc3c(Cl)ccc([N+](=O)[O-])c3[C@@H]3C=CC[C@@H]32)cc1. The third-order valence-corrected chi connectivity index (χ3v) is 5.42. The van der Waals surface area contributed by atoms with E-state index in [-0.39, 0.29) is 34.2 Å². The number of hydrogen-bond donors (Lipinski definition) is 1. The summed E-state index contributed by atoms with van der Waals surface area (Å²) in [5.41, 5.74) is 2.15. The summed E-state index contributed by atoms with van der Waals surface area (Å²) in [7, 11) is 0. The molecule has 7 nitrogen and oxygen atoms in total. The maximum Gasteiger partial charge on any atom is 0.275 e. The van der Waals surface area contributed by atoms with Gasteiger partial charge in [-0.25, -0.2) is 0 Å². The van der Waals surface area contributed by atoms with Gasteiger partial charge in [0.2, 0.25) is 0 Å². The van der Waals surface area contributed by atoms with Crippen LogP contribution in [0.2, 0.25) is 5.02 Å². The first-order chi connectivity index (χ1) is 12.5. The van der Waals surface area contributed by atoms with Crippen LogP contribution in [0.3, 0.4) is 0 Å². The molecule has 8 heteroatoms. The van der Waals surface area contributed by atoms with Crippen LogP contribution in [0.1, 0.15) is 29.5 Å². The van der Waals surface area contributed by atoms with Crippen molar-refractivity contribution < 1.29 is 9.85 Å². The summed E-state index contributed by atoms with van der Waals surface area (Å²) in [5.74, 6) is -0.0355. The normalized spacial score (nSPS) is 23.0. The molecule has 1 N–H and O–H groups in total. The van der Waals surface area contributed by atoms with Crippen LogP contribution >= 0.6 is 11.6 Å². The van der Waals surface area contributed by atoms with E-state index in [0.29, 0.717) is 16.3 Å². The number of nitro benzene ring substituents is 2. The Morgan fingerprint density at radius 2 is 1.77 bits per heavy atom. The van der Waals surface area contributed by atoms with Gasteiger partial charge in [0, 0.05) is 24.1 Å². The molecule has 132 valence electrons. The van der Waals surface area contributed by atoms with Gasteiger partial charge < -0.3 is 5.32 Å². The van der Waals surface area contributed by atoms with Crippen molar-refractivity contribution in [3.05, 3.63) is 84.9 Å². The third-order valence-electron chi connectivity index (χ3n) is 5.11. The smallest absolute Gasteiger partial charge is 0.275 e. The van der Waals surface area contributed by atoms with Crippen LogP contribution in [-0.4, -0.2) is 9.85 Å². The molecule has 2 aromatic rings. The van der Waals surface area contributed by atoms with Crippen LogP contribution in [0.15, 0.2) is 48.6 Å². The van der Waals surface area contributed by atoms with Gasteiger partial charge in [0.25, 0.3) is 11.4 Å². The molecule has 0 aromatic heterocycles. The van der Waals surface area contributed by atoms with Crippen molar-refractivity contribution in [1.82, 2.24) is 0 Å². The molecule has 26 heavy (non-hydrogen) atoms. The molecule has 0 amide bonds. The van der Waals surface area contributed by atoms with Crippen LogP contribution in [0.5, 0.6) is 0 Å². The summed E-state index contributed by atoms with van der Waals surface area (Å²) in [4.78, 5) is 21.5. The zero-order chi connectivity index (χ0) is 18.4. The zero-order valence-corrected chi connectivity index (χ0v) is 14.2. The minimum atomic E-state index is -0.437. The molecule has 2 aromatic carbocycles. The van der Waals surface area contributed by atoms with Gasteiger partial charge in [0.05, 0.1) is 32.2 Å². The van der Waals surface area contributed by atoms with Gasteiger partial charge >= 0.3 is 0 Å². The number of rotatable bonds is 3. The van der Waals surface area contributed by atoms with Gasteiger partial charge in [-0.2, -0.15) is 0 Å². The van der Waals surface area contributed by atoms with Crippen LogP contribution in [-0.2, 0) is 0 Å². The van der Waals surface area contributed by atoms with Crippen LogP contribution in [0.25, 0.3) is 0 Å². The Balaban J connectivity index is 1.81. The summed E-state index contributed by atoms with van der Waals surface area (Å²) in [6.07, 6.45) is 4.78. The molecular formula is C18H14ClN3O4. The average molecular weight is 372 g/mol. The maximum atomic E-state index is 11.5. The molecule has 0 unspecified atom stereocenters. The van der Waals surface area contributed by atoms with Crippen molar-refractivity contribution in [1.29, 1.82) is 0 Å². The van der Waals surface area contributed by atoms with E-state index >= 15 is 0 Å². The van der Waals surface area contributed by atoms with E-state index in [0.717, 1.165) is 12.0 Å². The number of fused-ring (bicyclic) bond motifs is 3. The number of benzene rings is 2. The first kappa shape index (κ1) is 16.5. The second kappa shape index (κ2) is 6.10. The zero-order valence-electron chi connectivity index (χ0n) is 13.5. The number of anilines is 1. The quantitative estimate of drug-likeness (QED) is 0.466. The predicted molar refractivity (Wildman–Crippen MR) is 97.6 cm³/mol. The molecule has 3 atom stereocenters. The van der Waals surface area contributed by atoms with Gasteiger partial charge in [-0.3, -0.25) is 20.2 Å². The molecule has 2 aliphatic rings. The molecular weight excluding hydrogens is 358 g/mol. The van der Waals surface area contributed by atoms with Gasteiger partial charge in [-0.05, 0) is 24.0 Å². The largest absolute Gasteiger partial charge is 0.376 e. The van der Waals surface area contributed by atoms with E-state index in [1.54, 1.807) is 12.1 Å². The lowest BCUT2D eigenvalue weighted by atomic mass is 9.76. The fourth-order valence-corrected chi connectivity index (χ4v) is 4.17. The van der Waals surface area contributed by atoms with Crippen molar-refractivity contribution in [2.24, 2.45) is 5.92 Å². The number of nitro groups is 2. The fourth-order valence-electron chi connectivity index (χ4n) is 3.95. The Labute approximate surface area is 153 Å². The number of halogens is 1. The lowest BCUT2D eigenvalue weighted by molar-refractivity contribution is -0.385. The second-order valence-electron chi connectivity index (χ2n) is 6.44. The summed E-state index contributed by atoms with van der Waals surface area (Å²) < 4.78 is 0. The van der Waals surface area contributed by atoms with Crippen molar-refractivity contribution >= 4 is 28.7 Å². The van der Waals surface area contributed by atoms with Crippen LogP contribution in [0.4, 0.5) is 17.1 Å². The van der Waals surface area contributed by atoms with Gasteiger partial charge in [0.1, 0.15) is 0 Å². The topological polar surface area (TPSA) is 98.3 Å². The lowest BCUT2D eigenvalue weighted by Crippen LogP contribution is -2.29. The molecule has 0 bridgehead atoms. The molecule has 0 saturated heterocycles. The highest BCUT2D eigenvalue weighted by atomic mass is 35.5. The molecule has 0 radical (unpaired) electrons. The Bertz CT molecular complexity index is 942. The fraction of sp³-hybridized carbons (Fsp3) is 0.222. The Kier molecular flexibility index (Phi) is 3.88. The van der Waals surface area contributed by atoms with E-state index in [4.69, 9.17) is 11.6 Å². The monoisotopic (exact) mass is 371 g/mol. The minimum absolute atomic E-state index is 0.0275. The van der Waals surface area contributed by atoms with Crippen LogP contribution in [0, 0.1) is 26.1 Å². The van der Waals surface area contributed by atoms with Crippen molar-refractivity contribution in [2.75, 3.05) is 5.32 Å². The van der Waals surface area contributed by atoms with E-state index in [2.05, 4.69) is 5.32 Å². The predicted octanol–water partition coefficient (Wildman–Crippen LogP) is 4.98. The number of nitrogens with one attached hydrogen (secondary N) is 1. The first-order valence-corrected chi connectivity index (χ1v) is 8.49. The number of hydrogen-bond acceptors (Lipinski definition) is 5. The molecule has 1 aliphatic carbocycles. The van der Waals surface area contributed by atoms with Gasteiger partial charge in [0.15, 0.2) is 0 Å². The van der Waals surface area contributed by atoms with Crippen molar-refractivity contribution in [3.63, 3.8) is 0 Å². The Morgan fingerprint density at radius 1 is 1.04 bits per heavy atom. The maximum absolute atomic E-state index is 11.5. The van der Waals surface area contributed by atoms with Crippen molar-refractivity contribution in [3.8, 4) is 0 Å². The van der Waals surface area contributed by atoms with E-state index in [1.165, 1.54) is 24.3 Å². The summed E-state index contributed by atoms with van der Waals surface area (Å²) in [5, 5.41) is 26.1. The van der Waals surface area contributed by atoms with E-state index < -0.39 is 4.92 Å². The Hall–Kier alpha value is -2.93. The first-order valence-electron chi connectivity index (χ1n) is 8.11. The summed E-state index contributed by atoms with van der Waals surface area (Å²) in [6.45, 7) is 0. The average Bonchev–Trinajstić information content (AvgIpc) is 3.11. The number of non-ortho nitro benzene ring substituents is 1.